The molecule has 2 aromatic carbocycles. The molecule has 0 atom stereocenters. The van der Waals surface area contributed by atoms with Gasteiger partial charge in [0.05, 0.1) is 37.4 Å². The van der Waals surface area contributed by atoms with Gasteiger partial charge < -0.3 is 24.2 Å². The topological polar surface area (TPSA) is 70.0 Å². The van der Waals surface area contributed by atoms with Crippen LogP contribution >= 0.6 is 0 Å². The van der Waals surface area contributed by atoms with Gasteiger partial charge in [-0.3, -0.25) is 14.8 Å². The zero-order chi connectivity index (χ0) is 28.9. The Morgan fingerprint density at radius 3 is 2.46 bits per heavy atom. The number of carbonyl (C=O) groups excluding carboxylic acids is 1. The maximum atomic E-state index is 13.2. The summed E-state index contributed by atoms with van der Waals surface area (Å²) in [5.74, 6) is 0.916. The molecule has 8 heteroatoms. The van der Waals surface area contributed by atoms with E-state index in [-0.39, 0.29) is 5.91 Å². The number of methoxy groups -OCH3 is 1. The lowest BCUT2D eigenvalue weighted by Crippen LogP contribution is -2.44. The van der Waals surface area contributed by atoms with E-state index in [1.165, 1.54) is 0 Å². The van der Waals surface area contributed by atoms with E-state index >= 15 is 0 Å². The smallest absolute Gasteiger partial charge is 0.254 e. The molecule has 5 rings (SSSR count). The summed E-state index contributed by atoms with van der Waals surface area (Å²) in [5.41, 5.74) is 8.49. The van der Waals surface area contributed by atoms with Crippen molar-refractivity contribution in [2.45, 2.75) is 26.7 Å². The predicted octanol–water partition coefficient (Wildman–Crippen LogP) is 4.83. The average Bonchev–Trinajstić information content (AvgIpc) is 3.01. The van der Waals surface area contributed by atoms with Gasteiger partial charge >= 0.3 is 0 Å². The van der Waals surface area contributed by atoms with Crippen LogP contribution in [0.4, 0.5) is 5.69 Å². The van der Waals surface area contributed by atoms with Crippen LogP contribution in [-0.4, -0.2) is 94.8 Å². The van der Waals surface area contributed by atoms with Crippen molar-refractivity contribution < 1.29 is 14.3 Å². The van der Waals surface area contributed by atoms with Gasteiger partial charge in [0, 0.05) is 50.5 Å². The van der Waals surface area contributed by atoms with Gasteiger partial charge in [-0.1, -0.05) is 24.3 Å². The van der Waals surface area contributed by atoms with Gasteiger partial charge in [-0.2, -0.15) is 0 Å². The van der Waals surface area contributed by atoms with Gasteiger partial charge in [0.2, 0.25) is 0 Å². The number of piperazine rings is 1. The number of ether oxygens (including phenoxy) is 2. The SMILES string of the molecule is C=NC1=CCCC(c2ccc(C(=O)N3CCOCC3)c(C)c2)=C1/N=C(\C)c1ccc(N2CCN(C)CC2)c(OC)c1. The van der Waals surface area contributed by atoms with Crippen molar-refractivity contribution in [2.75, 3.05) is 71.5 Å². The average molecular weight is 556 g/mol. The molecule has 216 valence electrons. The molecule has 8 nitrogen and oxygen atoms in total. The fourth-order valence-electron chi connectivity index (χ4n) is 5.74. The Balaban J connectivity index is 1.47. The number of aryl methyl sites for hydroxylation is 1. The molecule has 2 heterocycles. The van der Waals surface area contributed by atoms with Crippen molar-refractivity contribution in [3.63, 3.8) is 0 Å². The Bertz CT molecular complexity index is 1400. The molecule has 0 bridgehead atoms. The lowest BCUT2D eigenvalue weighted by atomic mass is 9.91. The van der Waals surface area contributed by atoms with Gasteiger partial charge in [-0.05, 0) is 80.9 Å². The van der Waals surface area contributed by atoms with Crippen LogP contribution < -0.4 is 9.64 Å². The fourth-order valence-corrected chi connectivity index (χ4v) is 5.74. The van der Waals surface area contributed by atoms with Crippen molar-refractivity contribution in [2.24, 2.45) is 9.98 Å². The third-order valence-electron chi connectivity index (χ3n) is 8.26. The second kappa shape index (κ2) is 12.8. The molecule has 2 aromatic rings. The maximum absolute atomic E-state index is 13.2. The molecule has 3 aliphatic rings. The summed E-state index contributed by atoms with van der Waals surface area (Å²) in [6.07, 6.45) is 3.80. The van der Waals surface area contributed by atoms with Crippen molar-refractivity contribution in [1.82, 2.24) is 9.80 Å². The summed E-state index contributed by atoms with van der Waals surface area (Å²) in [4.78, 5) is 29.2. The number of benzene rings is 2. The minimum atomic E-state index is 0.0615. The van der Waals surface area contributed by atoms with E-state index in [4.69, 9.17) is 14.5 Å². The quantitative estimate of drug-likeness (QED) is 0.458. The lowest BCUT2D eigenvalue weighted by Gasteiger charge is -2.34. The Morgan fingerprint density at radius 2 is 1.78 bits per heavy atom. The first-order chi connectivity index (χ1) is 19.9. The first-order valence-electron chi connectivity index (χ1n) is 14.4. The number of carbonyl (C=O) groups is 1. The van der Waals surface area contributed by atoms with Crippen LogP contribution in [-0.2, 0) is 4.74 Å². The lowest BCUT2D eigenvalue weighted by molar-refractivity contribution is 0.0302. The highest BCUT2D eigenvalue weighted by Crippen LogP contribution is 2.36. The standard InChI is InChI=1S/C33H41N5O3/c1-23-21-26(9-11-27(23)33(39)38-17-19-41-20-18-38)28-7-6-8-29(34-3)32(28)35-24(2)25-10-12-30(31(22-25)40-5)37-15-13-36(4)14-16-37/h8-12,21-22H,3,6-7,13-20H2,1-2,4-5H3/b35-24+. The predicted molar refractivity (Wildman–Crippen MR) is 167 cm³/mol. The Hall–Kier alpha value is -3.75. The highest BCUT2D eigenvalue weighted by atomic mass is 16.5. The Labute approximate surface area is 243 Å². The number of morpholine rings is 1. The number of amides is 1. The van der Waals surface area contributed by atoms with E-state index in [1.54, 1.807) is 7.11 Å². The third-order valence-corrected chi connectivity index (χ3v) is 8.26. The summed E-state index contributed by atoms with van der Waals surface area (Å²) in [6, 6.07) is 12.4. The van der Waals surface area contributed by atoms with Gasteiger partial charge in [-0.25, -0.2) is 0 Å². The van der Waals surface area contributed by atoms with Crippen LogP contribution in [0, 0.1) is 6.92 Å². The Kier molecular flexibility index (Phi) is 9.00. The normalized spacial score (nSPS) is 18.8. The second-order valence-electron chi connectivity index (χ2n) is 10.9. The third kappa shape index (κ3) is 6.29. The molecule has 0 unspecified atom stereocenters. The minimum Gasteiger partial charge on any atom is -0.495 e. The first-order valence-corrected chi connectivity index (χ1v) is 14.4. The van der Waals surface area contributed by atoms with Crippen molar-refractivity contribution in [3.8, 4) is 5.75 Å². The summed E-state index contributed by atoms with van der Waals surface area (Å²) in [6.45, 7) is 14.3. The zero-order valence-electron chi connectivity index (χ0n) is 24.8. The van der Waals surface area contributed by atoms with Gasteiger partial charge in [0.25, 0.3) is 5.91 Å². The van der Waals surface area contributed by atoms with E-state index in [9.17, 15) is 4.79 Å². The molecule has 0 saturated carbocycles. The number of anilines is 1. The summed E-state index contributed by atoms with van der Waals surface area (Å²) >= 11 is 0. The van der Waals surface area contributed by atoms with Gasteiger partial charge in [0.1, 0.15) is 5.75 Å². The molecule has 2 aliphatic heterocycles. The molecule has 0 spiro atoms. The maximum Gasteiger partial charge on any atom is 0.254 e. The largest absolute Gasteiger partial charge is 0.495 e. The summed E-state index contributed by atoms with van der Waals surface area (Å²) in [7, 11) is 3.89. The van der Waals surface area contributed by atoms with Crippen LogP contribution in [0.5, 0.6) is 5.75 Å². The molecule has 2 fully saturated rings. The van der Waals surface area contributed by atoms with Crippen molar-refractivity contribution >= 4 is 29.6 Å². The number of nitrogens with zero attached hydrogens (tertiary/aromatic N) is 5. The van der Waals surface area contributed by atoms with Crippen LogP contribution in [0.1, 0.15) is 46.8 Å². The first kappa shape index (κ1) is 28.8. The Morgan fingerprint density at radius 1 is 1.02 bits per heavy atom. The summed E-state index contributed by atoms with van der Waals surface area (Å²) < 4.78 is 11.2. The van der Waals surface area contributed by atoms with Gasteiger partial charge in [0.15, 0.2) is 0 Å². The van der Waals surface area contributed by atoms with Crippen LogP contribution in [0.3, 0.4) is 0 Å². The van der Waals surface area contributed by atoms with Crippen LogP contribution in [0.25, 0.3) is 5.57 Å². The van der Waals surface area contributed by atoms with E-state index in [2.05, 4.69) is 58.9 Å². The minimum absolute atomic E-state index is 0.0615. The highest BCUT2D eigenvalue weighted by molar-refractivity contribution is 6.01. The van der Waals surface area contributed by atoms with E-state index in [0.29, 0.717) is 26.3 Å². The number of hydrogen-bond donors (Lipinski definition) is 0. The molecular weight excluding hydrogens is 514 g/mol. The number of likely N-dealkylation sites (N-methyl/N-ethyl adjacent to an activating group) is 1. The molecule has 41 heavy (non-hydrogen) atoms. The molecule has 0 radical (unpaired) electrons. The number of allylic oxidation sites excluding steroid dienone is 2. The molecule has 1 amide bonds. The van der Waals surface area contributed by atoms with Gasteiger partial charge in [-0.15, -0.1) is 0 Å². The number of aliphatic imine (C=N–C) groups is 2. The second-order valence-corrected chi connectivity index (χ2v) is 10.9. The molecular formula is C33H41N5O3. The summed E-state index contributed by atoms with van der Waals surface area (Å²) in [5, 5.41) is 0. The monoisotopic (exact) mass is 555 g/mol. The fraction of sp³-hybridized carbons (Fsp3) is 0.424. The van der Waals surface area contributed by atoms with E-state index < -0.39 is 0 Å². The van der Waals surface area contributed by atoms with Crippen molar-refractivity contribution in [1.29, 1.82) is 0 Å². The van der Waals surface area contributed by atoms with Crippen LogP contribution in [0.15, 0.2) is 63.9 Å². The molecule has 1 aliphatic carbocycles. The zero-order valence-corrected chi connectivity index (χ0v) is 24.8. The van der Waals surface area contributed by atoms with E-state index in [1.807, 2.05) is 30.9 Å². The molecule has 0 aromatic heterocycles. The molecule has 2 saturated heterocycles. The molecule has 0 N–H and O–H groups in total. The number of rotatable bonds is 7. The van der Waals surface area contributed by atoms with Crippen LogP contribution in [0.2, 0.25) is 0 Å². The number of hydrogen-bond acceptors (Lipinski definition) is 7. The van der Waals surface area contributed by atoms with Crippen molar-refractivity contribution in [3.05, 3.63) is 76.1 Å². The van der Waals surface area contributed by atoms with E-state index in [0.717, 1.165) is 95.4 Å². The highest BCUT2D eigenvalue weighted by Gasteiger charge is 2.23.